The van der Waals surface area contributed by atoms with Crippen LogP contribution in [0.3, 0.4) is 0 Å². The SMILES string of the molecule is CCCNC(=O)c1cc(Nc2cc(Cl)ccc2Cl)nc(C)n1. The first-order chi connectivity index (χ1) is 10.5. The zero-order valence-electron chi connectivity index (χ0n) is 12.3. The highest BCUT2D eigenvalue weighted by atomic mass is 35.5. The second-order valence-corrected chi connectivity index (χ2v) is 5.53. The molecular formula is C15H16Cl2N4O. The molecule has 0 radical (unpaired) electrons. The van der Waals surface area contributed by atoms with Crippen molar-refractivity contribution < 1.29 is 4.79 Å². The van der Waals surface area contributed by atoms with Crippen LogP contribution >= 0.6 is 23.2 Å². The van der Waals surface area contributed by atoms with Crippen molar-refractivity contribution in [2.45, 2.75) is 20.3 Å². The van der Waals surface area contributed by atoms with Gasteiger partial charge in [-0.2, -0.15) is 0 Å². The summed E-state index contributed by atoms with van der Waals surface area (Å²) >= 11 is 12.1. The van der Waals surface area contributed by atoms with Crippen LogP contribution in [0.2, 0.25) is 10.0 Å². The van der Waals surface area contributed by atoms with Crippen molar-refractivity contribution >= 4 is 40.6 Å². The Morgan fingerprint density at radius 1 is 1.23 bits per heavy atom. The monoisotopic (exact) mass is 338 g/mol. The molecule has 1 amide bonds. The molecule has 0 saturated heterocycles. The van der Waals surface area contributed by atoms with Crippen LogP contribution in [0.15, 0.2) is 24.3 Å². The Labute approximate surface area is 139 Å². The van der Waals surface area contributed by atoms with Crippen molar-refractivity contribution in [3.8, 4) is 0 Å². The zero-order chi connectivity index (χ0) is 16.1. The number of aryl methyl sites for hydroxylation is 1. The molecule has 0 saturated carbocycles. The quantitative estimate of drug-likeness (QED) is 0.865. The summed E-state index contributed by atoms with van der Waals surface area (Å²) in [6.07, 6.45) is 0.860. The van der Waals surface area contributed by atoms with Gasteiger partial charge in [0.05, 0.1) is 10.7 Å². The zero-order valence-corrected chi connectivity index (χ0v) is 13.8. The van der Waals surface area contributed by atoms with Crippen LogP contribution in [0.25, 0.3) is 0 Å². The summed E-state index contributed by atoms with van der Waals surface area (Å²) in [5, 5.41) is 6.91. The third-order valence-corrected chi connectivity index (χ3v) is 3.36. The number of carbonyl (C=O) groups excluding carboxylic acids is 1. The van der Waals surface area contributed by atoms with E-state index >= 15 is 0 Å². The Bertz CT molecular complexity index is 691. The Balaban J connectivity index is 2.26. The van der Waals surface area contributed by atoms with Gasteiger partial charge in [0.15, 0.2) is 0 Å². The summed E-state index contributed by atoms with van der Waals surface area (Å²) in [6.45, 7) is 4.31. The molecule has 0 unspecified atom stereocenters. The van der Waals surface area contributed by atoms with Gasteiger partial charge < -0.3 is 10.6 Å². The number of hydrogen-bond donors (Lipinski definition) is 2. The van der Waals surface area contributed by atoms with Gasteiger partial charge in [0.2, 0.25) is 0 Å². The minimum absolute atomic E-state index is 0.229. The van der Waals surface area contributed by atoms with E-state index in [1.165, 1.54) is 0 Å². The molecule has 5 nitrogen and oxygen atoms in total. The van der Waals surface area contributed by atoms with Crippen molar-refractivity contribution in [1.29, 1.82) is 0 Å². The lowest BCUT2D eigenvalue weighted by Crippen LogP contribution is -2.25. The molecule has 116 valence electrons. The molecule has 2 aromatic rings. The fourth-order valence-electron chi connectivity index (χ4n) is 1.81. The van der Waals surface area contributed by atoms with E-state index in [1.807, 2.05) is 6.92 Å². The average Bonchev–Trinajstić information content (AvgIpc) is 2.48. The number of amides is 1. The molecule has 2 rings (SSSR count). The lowest BCUT2D eigenvalue weighted by atomic mass is 10.3. The lowest BCUT2D eigenvalue weighted by molar-refractivity contribution is 0.0948. The molecule has 0 aliphatic heterocycles. The minimum Gasteiger partial charge on any atom is -0.351 e. The fourth-order valence-corrected chi connectivity index (χ4v) is 2.15. The molecule has 22 heavy (non-hydrogen) atoms. The number of halogens is 2. The topological polar surface area (TPSA) is 66.9 Å². The van der Waals surface area contributed by atoms with E-state index in [4.69, 9.17) is 23.2 Å². The molecule has 7 heteroatoms. The van der Waals surface area contributed by atoms with Crippen molar-refractivity contribution in [2.75, 3.05) is 11.9 Å². The highest BCUT2D eigenvalue weighted by Gasteiger charge is 2.11. The Kier molecular flexibility index (Phi) is 5.57. The van der Waals surface area contributed by atoms with E-state index in [0.717, 1.165) is 6.42 Å². The lowest BCUT2D eigenvalue weighted by Gasteiger charge is -2.10. The predicted molar refractivity (Wildman–Crippen MR) is 89.1 cm³/mol. The van der Waals surface area contributed by atoms with Crippen LogP contribution in [0, 0.1) is 6.92 Å². The van der Waals surface area contributed by atoms with Crippen molar-refractivity contribution in [3.05, 3.63) is 45.8 Å². The summed E-state index contributed by atoms with van der Waals surface area (Å²) < 4.78 is 0. The number of nitrogens with zero attached hydrogens (tertiary/aromatic N) is 2. The van der Waals surface area contributed by atoms with Crippen molar-refractivity contribution in [1.82, 2.24) is 15.3 Å². The molecule has 0 atom stereocenters. The summed E-state index contributed by atoms with van der Waals surface area (Å²) in [5.74, 6) is 0.746. The average molecular weight is 339 g/mol. The number of anilines is 2. The summed E-state index contributed by atoms with van der Waals surface area (Å²) in [6, 6.07) is 6.66. The summed E-state index contributed by atoms with van der Waals surface area (Å²) in [7, 11) is 0. The first-order valence-electron chi connectivity index (χ1n) is 6.85. The van der Waals surface area contributed by atoms with Gasteiger partial charge >= 0.3 is 0 Å². The summed E-state index contributed by atoms with van der Waals surface area (Å²) in [5.41, 5.74) is 0.925. The fraction of sp³-hybridized carbons (Fsp3) is 0.267. The molecule has 0 spiro atoms. The van der Waals surface area contributed by atoms with Crippen LogP contribution in [-0.4, -0.2) is 22.4 Å². The Hall–Kier alpha value is -1.85. The normalized spacial score (nSPS) is 10.4. The van der Waals surface area contributed by atoms with Crippen LogP contribution in [0.4, 0.5) is 11.5 Å². The first kappa shape index (κ1) is 16.5. The Morgan fingerprint density at radius 3 is 2.73 bits per heavy atom. The number of carbonyl (C=O) groups is 1. The number of nitrogens with one attached hydrogen (secondary N) is 2. The molecule has 1 heterocycles. The van der Waals surface area contributed by atoms with E-state index in [2.05, 4.69) is 20.6 Å². The van der Waals surface area contributed by atoms with Gasteiger partial charge in [-0.3, -0.25) is 4.79 Å². The van der Waals surface area contributed by atoms with Gasteiger partial charge in [-0.05, 0) is 31.5 Å². The number of benzene rings is 1. The summed E-state index contributed by atoms with van der Waals surface area (Å²) in [4.78, 5) is 20.4. The van der Waals surface area contributed by atoms with Crippen LogP contribution in [0.1, 0.15) is 29.7 Å². The van der Waals surface area contributed by atoms with E-state index in [9.17, 15) is 4.79 Å². The van der Waals surface area contributed by atoms with E-state index in [1.54, 1.807) is 31.2 Å². The molecule has 0 aliphatic rings. The maximum atomic E-state index is 12.0. The van der Waals surface area contributed by atoms with Crippen molar-refractivity contribution in [3.63, 3.8) is 0 Å². The predicted octanol–water partition coefficient (Wildman–Crippen LogP) is 3.98. The van der Waals surface area contributed by atoms with Gasteiger partial charge in [-0.15, -0.1) is 0 Å². The van der Waals surface area contributed by atoms with Crippen LogP contribution < -0.4 is 10.6 Å². The maximum absolute atomic E-state index is 12.0. The minimum atomic E-state index is -0.229. The highest BCUT2D eigenvalue weighted by Crippen LogP contribution is 2.27. The molecule has 0 bridgehead atoms. The Morgan fingerprint density at radius 2 is 2.00 bits per heavy atom. The third kappa shape index (κ3) is 4.32. The molecule has 2 N–H and O–H groups in total. The van der Waals surface area contributed by atoms with Gasteiger partial charge in [0, 0.05) is 17.6 Å². The van der Waals surface area contributed by atoms with Gasteiger partial charge in [-0.1, -0.05) is 30.1 Å². The van der Waals surface area contributed by atoms with Gasteiger partial charge in [0.1, 0.15) is 17.3 Å². The maximum Gasteiger partial charge on any atom is 0.270 e. The molecule has 0 aliphatic carbocycles. The van der Waals surface area contributed by atoms with Crippen LogP contribution in [0.5, 0.6) is 0 Å². The largest absolute Gasteiger partial charge is 0.351 e. The van der Waals surface area contributed by atoms with Gasteiger partial charge in [0.25, 0.3) is 5.91 Å². The molecular weight excluding hydrogens is 323 g/mol. The van der Waals surface area contributed by atoms with E-state index in [-0.39, 0.29) is 5.91 Å². The van der Waals surface area contributed by atoms with Gasteiger partial charge in [-0.25, -0.2) is 9.97 Å². The van der Waals surface area contributed by atoms with Crippen molar-refractivity contribution in [2.24, 2.45) is 0 Å². The molecule has 0 fully saturated rings. The second kappa shape index (κ2) is 7.42. The first-order valence-corrected chi connectivity index (χ1v) is 7.61. The highest BCUT2D eigenvalue weighted by molar-refractivity contribution is 6.35. The van der Waals surface area contributed by atoms with E-state index in [0.29, 0.717) is 39.6 Å². The number of hydrogen-bond acceptors (Lipinski definition) is 4. The van der Waals surface area contributed by atoms with Crippen LogP contribution in [-0.2, 0) is 0 Å². The van der Waals surface area contributed by atoms with E-state index < -0.39 is 0 Å². The second-order valence-electron chi connectivity index (χ2n) is 4.69. The third-order valence-electron chi connectivity index (χ3n) is 2.80. The smallest absolute Gasteiger partial charge is 0.270 e. The number of rotatable bonds is 5. The molecule has 1 aromatic carbocycles. The standard InChI is InChI=1S/C15H16Cl2N4O/c1-3-6-18-15(22)13-8-14(20-9(2)19-13)21-12-7-10(16)4-5-11(12)17/h4-5,7-8H,3,6H2,1-2H3,(H,18,22)(H,19,20,21). The number of aromatic nitrogens is 2. The molecule has 1 aromatic heterocycles.